The molecule has 0 aliphatic carbocycles. The van der Waals surface area contributed by atoms with E-state index in [0.717, 1.165) is 16.8 Å². The van der Waals surface area contributed by atoms with Crippen molar-refractivity contribution < 1.29 is 9.13 Å². The van der Waals surface area contributed by atoms with Crippen LogP contribution in [0.25, 0.3) is 5.69 Å². The van der Waals surface area contributed by atoms with Crippen molar-refractivity contribution in [1.82, 2.24) is 9.78 Å². The Balaban J connectivity index is 1.93. The van der Waals surface area contributed by atoms with Crippen molar-refractivity contribution in [2.75, 3.05) is 0 Å². The van der Waals surface area contributed by atoms with Gasteiger partial charge in [0.1, 0.15) is 17.5 Å². The fourth-order valence-electron chi connectivity index (χ4n) is 3.26. The van der Waals surface area contributed by atoms with E-state index >= 15 is 0 Å². The maximum Gasteiger partial charge on any atom is 0.229 e. The Bertz CT molecular complexity index is 1090. The van der Waals surface area contributed by atoms with Gasteiger partial charge in [-0.05, 0) is 48.9 Å². The zero-order valence-electron chi connectivity index (χ0n) is 14.3. The lowest BCUT2D eigenvalue weighted by atomic mass is 9.84. The first-order valence-electron chi connectivity index (χ1n) is 8.18. The first-order chi connectivity index (χ1) is 13.0. The molecule has 134 valence electrons. The van der Waals surface area contributed by atoms with Crippen LogP contribution in [-0.4, -0.2) is 9.78 Å². The molecule has 2 N–H and O–H groups in total. The number of fused-ring (bicyclic) bond motifs is 1. The van der Waals surface area contributed by atoms with Crippen LogP contribution in [0.2, 0.25) is 5.02 Å². The number of aromatic nitrogens is 2. The molecule has 2 heterocycles. The van der Waals surface area contributed by atoms with Gasteiger partial charge in [-0.2, -0.15) is 10.4 Å². The molecule has 1 atom stereocenters. The van der Waals surface area contributed by atoms with Crippen LogP contribution in [0.15, 0.2) is 60.0 Å². The van der Waals surface area contributed by atoms with Gasteiger partial charge in [0.15, 0.2) is 0 Å². The number of benzene rings is 2. The van der Waals surface area contributed by atoms with E-state index in [0.29, 0.717) is 16.6 Å². The lowest BCUT2D eigenvalue weighted by Gasteiger charge is -2.24. The fourth-order valence-corrected chi connectivity index (χ4v) is 3.39. The minimum absolute atomic E-state index is 0.00874. The van der Waals surface area contributed by atoms with Crippen molar-refractivity contribution >= 4 is 11.6 Å². The highest BCUT2D eigenvalue weighted by Gasteiger charge is 2.36. The Morgan fingerprint density at radius 2 is 1.85 bits per heavy atom. The van der Waals surface area contributed by atoms with E-state index in [2.05, 4.69) is 11.2 Å². The molecule has 2 aromatic carbocycles. The Morgan fingerprint density at radius 1 is 1.19 bits per heavy atom. The maximum absolute atomic E-state index is 13.4. The van der Waals surface area contributed by atoms with Crippen LogP contribution in [0.4, 0.5) is 4.39 Å². The van der Waals surface area contributed by atoms with Gasteiger partial charge in [0, 0.05) is 5.02 Å². The van der Waals surface area contributed by atoms with Gasteiger partial charge in [0.2, 0.25) is 11.8 Å². The van der Waals surface area contributed by atoms with Crippen molar-refractivity contribution in [2.24, 2.45) is 5.73 Å². The number of hydrogen-bond acceptors (Lipinski definition) is 4. The first kappa shape index (κ1) is 17.1. The second kappa shape index (κ2) is 6.45. The lowest BCUT2D eigenvalue weighted by Crippen LogP contribution is -2.22. The summed E-state index contributed by atoms with van der Waals surface area (Å²) in [4.78, 5) is 0. The van der Waals surface area contributed by atoms with Crippen molar-refractivity contribution in [2.45, 2.75) is 12.8 Å². The zero-order valence-corrected chi connectivity index (χ0v) is 15.0. The normalized spacial score (nSPS) is 15.9. The van der Waals surface area contributed by atoms with Gasteiger partial charge >= 0.3 is 0 Å². The molecule has 0 saturated heterocycles. The summed E-state index contributed by atoms with van der Waals surface area (Å²) < 4.78 is 20.8. The molecule has 0 bridgehead atoms. The van der Waals surface area contributed by atoms with Crippen LogP contribution >= 0.6 is 11.6 Å². The molecule has 1 aliphatic rings. The molecule has 1 aliphatic heterocycles. The predicted molar refractivity (Wildman–Crippen MR) is 99.0 cm³/mol. The molecule has 0 fully saturated rings. The zero-order chi connectivity index (χ0) is 19.1. The highest BCUT2D eigenvalue weighted by atomic mass is 35.5. The Hall–Kier alpha value is -3.30. The smallest absolute Gasteiger partial charge is 0.229 e. The van der Waals surface area contributed by atoms with Crippen LogP contribution in [0.3, 0.4) is 0 Å². The van der Waals surface area contributed by atoms with E-state index in [1.165, 1.54) is 12.1 Å². The van der Waals surface area contributed by atoms with E-state index in [-0.39, 0.29) is 17.3 Å². The summed E-state index contributed by atoms with van der Waals surface area (Å²) >= 11 is 5.97. The summed E-state index contributed by atoms with van der Waals surface area (Å²) in [5.74, 6) is -0.398. The average Bonchev–Trinajstić information content (AvgIpc) is 2.98. The van der Waals surface area contributed by atoms with Crippen molar-refractivity contribution in [3.8, 4) is 17.6 Å². The molecule has 0 spiro atoms. The second-order valence-corrected chi connectivity index (χ2v) is 6.61. The van der Waals surface area contributed by atoms with E-state index in [1.54, 1.807) is 28.9 Å². The molecular weight excluding hydrogens is 367 g/mol. The number of nitrogens with zero attached hydrogens (tertiary/aromatic N) is 3. The minimum Gasteiger partial charge on any atom is -0.422 e. The molecule has 27 heavy (non-hydrogen) atoms. The molecule has 5 nitrogen and oxygen atoms in total. The van der Waals surface area contributed by atoms with Crippen LogP contribution in [0.5, 0.6) is 5.88 Å². The summed E-state index contributed by atoms with van der Waals surface area (Å²) in [7, 11) is 0. The summed E-state index contributed by atoms with van der Waals surface area (Å²) in [6.45, 7) is 1.83. The molecule has 1 aromatic heterocycles. The molecule has 0 amide bonds. The number of ether oxygens (including phenoxy) is 1. The number of hydrogen-bond donors (Lipinski definition) is 1. The largest absolute Gasteiger partial charge is 0.422 e. The van der Waals surface area contributed by atoms with E-state index < -0.39 is 5.92 Å². The van der Waals surface area contributed by atoms with Crippen molar-refractivity contribution in [3.63, 3.8) is 0 Å². The molecular formula is C20H14ClFN4O. The Kier molecular flexibility index (Phi) is 4.09. The topological polar surface area (TPSA) is 76.9 Å². The summed E-state index contributed by atoms with van der Waals surface area (Å²) in [5.41, 5.74) is 9.21. The highest BCUT2D eigenvalue weighted by molar-refractivity contribution is 6.30. The van der Waals surface area contributed by atoms with Crippen molar-refractivity contribution in [3.05, 3.63) is 87.6 Å². The first-order valence-corrected chi connectivity index (χ1v) is 8.56. The minimum atomic E-state index is -0.486. The van der Waals surface area contributed by atoms with Gasteiger partial charge in [-0.1, -0.05) is 23.7 Å². The molecule has 7 heteroatoms. The van der Waals surface area contributed by atoms with Crippen molar-refractivity contribution in [1.29, 1.82) is 5.26 Å². The summed E-state index contributed by atoms with van der Waals surface area (Å²) in [6, 6.07) is 15.2. The van der Waals surface area contributed by atoms with E-state index in [4.69, 9.17) is 22.1 Å². The average molecular weight is 381 g/mol. The van der Waals surface area contributed by atoms with Gasteiger partial charge in [-0.25, -0.2) is 9.07 Å². The van der Waals surface area contributed by atoms with Gasteiger partial charge in [0.25, 0.3) is 0 Å². The summed E-state index contributed by atoms with van der Waals surface area (Å²) in [6.07, 6.45) is 0. The van der Waals surface area contributed by atoms with Crippen LogP contribution in [0.1, 0.15) is 22.7 Å². The van der Waals surface area contributed by atoms with E-state index in [1.807, 2.05) is 19.1 Å². The third kappa shape index (κ3) is 2.82. The van der Waals surface area contributed by atoms with E-state index in [9.17, 15) is 9.65 Å². The Labute approximate surface area is 160 Å². The number of halogens is 2. The number of nitriles is 1. The van der Waals surface area contributed by atoms with Gasteiger partial charge < -0.3 is 10.5 Å². The number of aryl methyl sites for hydroxylation is 1. The molecule has 0 radical (unpaired) electrons. The third-order valence-corrected chi connectivity index (χ3v) is 4.76. The van der Waals surface area contributed by atoms with Gasteiger partial charge in [0.05, 0.1) is 22.9 Å². The quantitative estimate of drug-likeness (QED) is 0.723. The number of allylic oxidation sites excluding steroid dienone is 1. The van der Waals surface area contributed by atoms with Crippen LogP contribution in [0, 0.1) is 24.1 Å². The third-order valence-electron chi connectivity index (χ3n) is 4.51. The SMILES string of the molecule is Cc1nn(-c2ccc(Cl)cc2)c2c1C(c1ccc(F)cc1)C(C#N)=C(N)O2. The standard InChI is InChI=1S/C20H14ClFN4O/c1-11-17-18(12-2-6-14(22)7-3-12)16(10-23)19(24)27-20(17)26(25-11)15-8-4-13(21)5-9-15/h2-9,18H,24H2,1H3. The predicted octanol–water partition coefficient (Wildman–Crippen LogP) is 4.19. The molecule has 4 rings (SSSR count). The summed E-state index contributed by atoms with van der Waals surface area (Å²) in [5, 5.41) is 14.8. The molecule has 1 unspecified atom stereocenters. The van der Waals surface area contributed by atoms with Gasteiger partial charge in [-0.15, -0.1) is 0 Å². The lowest BCUT2D eigenvalue weighted by molar-refractivity contribution is 0.367. The van der Waals surface area contributed by atoms with Crippen LogP contribution in [-0.2, 0) is 0 Å². The second-order valence-electron chi connectivity index (χ2n) is 6.17. The van der Waals surface area contributed by atoms with Gasteiger partial charge in [-0.3, -0.25) is 0 Å². The highest BCUT2D eigenvalue weighted by Crippen LogP contribution is 2.44. The monoisotopic (exact) mass is 380 g/mol. The molecule has 3 aromatic rings. The molecule has 0 saturated carbocycles. The van der Waals surface area contributed by atoms with Crippen LogP contribution < -0.4 is 10.5 Å². The fraction of sp³-hybridized carbons (Fsp3) is 0.100. The number of nitrogens with two attached hydrogens (primary N) is 1. The Morgan fingerprint density at radius 3 is 2.48 bits per heavy atom. The number of rotatable bonds is 2. The maximum atomic E-state index is 13.4.